The van der Waals surface area contributed by atoms with E-state index in [4.69, 9.17) is 16.0 Å². The van der Waals surface area contributed by atoms with Crippen LogP contribution in [-0.4, -0.2) is 46.7 Å². The second-order valence-corrected chi connectivity index (χ2v) is 5.79. The van der Waals surface area contributed by atoms with Crippen molar-refractivity contribution in [3.05, 3.63) is 23.2 Å². The summed E-state index contributed by atoms with van der Waals surface area (Å²) in [7, 11) is 2.09. The first-order chi connectivity index (χ1) is 10.1. The molecule has 1 saturated heterocycles. The minimum Gasteiger partial charge on any atom is -0.440 e. The van der Waals surface area contributed by atoms with Gasteiger partial charge in [-0.05, 0) is 13.1 Å². The molecule has 0 N–H and O–H groups in total. The molecule has 7 heteroatoms. The van der Waals surface area contributed by atoms with Crippen molar-refractivity contribution in [2.45, 2.75) is 6.92 Å². The summed E-state index contributed by atoms with van der Waals surface area (Å²) in [5.74, 6) is 1.45. The maximum atomic E-state index is 6.04. The van der Waals surface area contributed by atoms with Crippen molar-refractivity contribution in [2.75, 3.05) is 31.7 Å². The van der Waals surface area contributed by atoms with Gasteiger partial charge in [0.2, 0.25) is 0 Å². The van der Waals surface area contributed by atoms with E-state index >= 15 is 0 Å². The van der Waals surface area contributed by atoms with Gasteiger partial charge in [0.05, 0.1) is 17.1 Å². The number of aromatic nitrogens is 3. The van der Waals surface area contributed by atoms with E-state index in [1.807, 2.05) is 13.0 Å². The van der Waals surface area contributed by atoms with Crippen LogP contribution in [0.25, 0.3) is 22.1 Å². The number of likely N-dealkylation sites (N-methyl/N-ethyl adjacent to an activating group) is 1. The lowest BCUT2D eigenvalue weighted by Crippen LogP contribution is -2.23. The van der Waals surface area contributed by atoms with Crippen molar-refractivity contribution in [1.29, 1.82) is 0 Å². The van der Waals surface area contributed by atoms with Gasteiger partial charge in [-0.1, -0.05) is 11.6 Å². The summed E-state index contributed by atoms with van der Waals surface area (Å²) in [6.07, 6.45) is 1.60. The fraction of sp³-hybridized carbons (Fsp3) is 0.357. The van der Waals surface area contributed by atoms with Gasteiger partial charge in [0.25, 0.3) is 0 Å². The molecular weight excluding hydrogens is 290 g/mol. The summed E-state index contributed by atoms with van der Waals surface area (Å²) >= 11 is 6.04. The van der Waals surface area contributed by atoms with E-state index in [0.717, 1.165) is 36.5 Å². The summed E-state index contributed by atoms with van der Waals surface area (Å²) < 4.78 is 5.77. The Kier molecular flexibility index (Phi) is 2.77. The van der Waals surface area contributed by atoms with Crippen LogP contribution in [0.1, 0.15) is 5.89 Å². The van der Waals surface area contributed by atoms with Gasteiger partial charge in [-0.15, -0.1) is 0 Å². The topological polar surface area (TPSA) is 58.3 Å². The number of pyridine rings is 2. The first-order valence-electron chi connectivity index (χ1n) is 6.78. The molecule has 3 aromatic rings. The Morgan fingerprint density at radius 2 is 2.14 bits per heavy atom. The summed E-state index contributed by atoms with van der Waals surface area (Å²) in [6.45, 7) is 4.59. The number of hydrogen-bond donors (Lipinski definition) is 0. The van der Waals surface area contributed by atoms with Gasteiger partial charge in [0.15, 0.2) is 28.5 Å². The van der Waals surface area contributed by atoms with Gasteiger partial charge in [-0.2, -0.15) is 0 Å². The molecule has 0 saturated carbocycles. The van der Waals surface area contributed by atoms with E-state index < -0.39 is 0 Å². The molecule has 0 atom stereocenters. The maximum Gasteiger partial charge on any atom is 0.192 e. The second kappa shape index (κ2) is 4.54. The fourth-order valence-corrected chi connectivity index (χ4v) is 2.88. The molecule has 1 fully saturated rings. The van der Waals surface area contributed by atoms with Crippen molar-refractivity contribution in [3.8, 4) is 0 Å². The van der Waals surface area contributed by atoms with Crippen LogP contribution in [0.15, 0.2) is 16.7 Å². The fourth-order valence-electron chi connectivity index (χ4n) is 2.72. The van der Waals surface area contributed by atoms with Gasteiger partial charge in [-0.3, -0.25) is 4.90 Å². The normalized spacial score (nSPS) is 16.4. The van der Waals surface area contributed by atoms with Crippen molar-refractivity contribution >= 4 is 39.6 Å². The second-order valence-electron chi connectivity index (χ2n) is 5.36. The van der Waals surface area contributed by atoms with E-state index in [2.05, 4.69) is 31.8 Å². The molecule has 0 spiro atoms. The quantitative estimate of drug-likeness (QED) is 0.688. The molecule has 4 rings (SSSR count). The van der Waals surface area contributed by atoms with Gasteiger partial charge < -0.3 is 9.32 Å². The van der Waals surface area contributed by atoms with Crippen LogP contribution in [0.2, 0.25) is 5.02 Å². The van der Waals surface area contributed by atoms with Crippen LogP contribution in [-0.2, 0) is 0 Å². The standard InChI is InChI=1S/C14H14ClN5O/c1-8-17-11-12(21-8)10-5-9(15)6-16-13(10)18-14(11)20-4-3-19(2)7-20/h5-6H,3-4,7H2,1-2H3. The molecule has 1 aliphatic rings. The Labute approximate surface area is 126 Å². The van der Waals surface area contributed by atoms with Gasteiger partial charge in [0.1, 0.15) is 0 Å². The molecule has 1 aliphatic heterocycles. The first-order valence-corrected chi connectivity index (χ1v) is 7.15. The van der Waals surface area contributed by atoms with Gasteiger partial charge in [-0.25, -0.2) is 15.0 Å². The predicted molar refractivity (Wildman–Crippen MR) is 81.7 cm³/mol. The highest BCUT2D eigenvalue weighted by Crippen LogP contribution is 2.32. The minimum atomic E-state index is 0.563. The number of halogens is 1. The Balaban J connectivity index is 2.02. The number of oxazole rings is 1. The Morgan fingerprint density at radius 1 is 1.29 bits per heavy atom. The number of aryl methyl sites for hydroxylation is 1. The zero-order chi connectivity index (χ0) is 14.6. The van der Waals surface area contributed by atoms with Crippen LogP contribution >= 0.6 is 11.6 Å². The first kappa shape index (κ1) is 12.8. The molecule has 6 nitrogen and oxygen atoms in total. The predicted octanol–water partition coefficient (Wildman–Crippen LogP) is 2.44. The molecule has 0 aromatic carbocycles. The molecule has 0 aliphatic carbocycles. The lowest BCUT2D eigenvalue weighted by molar-refractivity contribution is 0.420. The molecule has 0 amide bonds. The van der Waals surface area contributed by atoms with Crippen LogP contribution in [0.3, 0.4) is 0 Å². The zero-order valence-corrected chi connectivity index (χ0v) is 12.6. The third-order valence-electron chi connectivity index (χ3n) is 3.70. The highest BCUT2D eigenvalue weighted by atomic mass is 35.5. The lowest BCUT2D eigenvalue weighted by Gasteiger charge is -2.17. The molecule has 0 unspecified atom stereocenters. The summed E-state index contributed by atoms with van der Waals surface area (Å²) in [5.41, 5.74) is 2.11. The summed E-state index contributed by atoms with van der Waals surface area (Å²) in [4.78, 5) is 17.9. The Morgan fingerprint density at radius 3 is 2.90 bits per heavy atom. The zero-order valence-electron chi connectivity index (χ0n) is 11.8. The van der Waals surface area contributed by atoms with E-state index in [9.17, 15) is 0 Å². The SMILES string of the molecule is Cc1nc2c(N3CCN(C)C3)nc3ncc(Cl)cc3c2o1. The van der Waals surface area contributed by atoms with Crippen LogP contribution in [0.5, 0.6) is 0 Å². The van der Waals surface area contributed by atoms with Crippen molar-refractivity contribution in [2.24, 2.45) is 0 Å². The molecule has 108 valence electrons. The van der Waals surface area contributed by atoms with Crippen LogP contribution in [0, 0.1) is 6.92 Å². The van der Waals surface area contributed by atoms with E-state index in [-0.39, 0.29) is 0 Å². The minimum absolute atomic E-state index is 0.563. The maximum absolute atomic E-state index is 6.04. The molecular formula is C14H14ClN5O. The number of rotatable bonds is 1. The monoisotopic (exact) mass is 303 g/mol. The van der Waals surface area contributed by atoms with Gasteiger partial charge in [0, 0.05) is 26.2 Å². The number of anilines is 1. The van der Waals surface area contributed by atoms with Crippen molar-refractivity contribution in [3.63, 3.8) is 0 Å². The Hall–Kier alpha value is -1.92. The van der Waals surface area contributed by atoms with Crippen LogP contribution < -0.4 is 4.90 Å². The molecule has 0 bridgehead atoms. The summed E-state index contributed by atoms with van der Waals surface area (Å²) in [6, 6.07) is 1.82. The van der Waals surface area contributed by atoms with E-state index in [1.54, 1.807) is 6.20 Å². The van der Waals surface area contributed by atoms with Crippen molar-refractivity contribution in [1.82, 2.24) is 19.9 Å². The average Bonchev–Trinajstić information content (AvgIpc) is 3.04. The van der Waals surface area contributed by atoms with E-state index in [1.165, 1.54) is 0 Å². The smallest absolute Gasteiger partial charge is 0.192 e. The highest BCUT2D eigenvalue weighted by Gasteiger charge is 2.24. The summed E-state index contributed by atoms with van der Waals surface area (Å²) in [5, 5.41) is 1.36. The largest absolute Gasteiger partial charge is 0.440 e. The number of hydrogen-bond acceptors (Lipinski definition) is 6. The third kappa shape index (κ3) is 2.02. The average molecular weight is 304 g/mol. The number of nitrogens with zero attached hydrogens (tertiary/aromatic N) is 5. The molecule has 21 heavy (non-hydrogen) atoms. The lowest BCUT2D eigenvalue weighted by atomic mass is 10.2. The molecule has 0 radical (unpaired) electrons. The molecule has 4 heterocycles. The number of fused-ring (bicyclic) bond motifs is 3. The third-order valence-corrected chi connectivity index (χ3v) is 3.91. The Bertz CT molecular complexity index is 846. The van der Waals surface area contributed by atoms with Gasteiger partial charge >= 0.3 is 0 Å². The van der Waals surface area contributed by atoms with E-state index in [0.29, 0.717) is 22.1 Å². The van der Waals surface area contributed by atoms with Crippen molar-refractivity contribution < 1.29 is 4.42 Å². The van der Waals surface area contributed by atoms with Crippen LogP contribution in [0.4, 0.5) is 5.82 Å². The molecule has 3 aromatic heterocycles. The highest BCUT2D eigenvalue weighted by molar-refractivity contribution is 6.31.